The maximum atomic E-state index is 11.3. The molecule has 0 aliphatic rings. The van der Waals surface area contributed by atoms with Crippen LogP contribution in [0.1, 0.15) is 24.6 Å². The Labute approximate surface area is 118 Å². The summed E-state index contributed by atoms with van der Waals surface area (Å²) in [6.07, 6.45) is 0.631. The summed E-state index contributed by atoms with van der Waals surface area (Å²) in [4.78, 5) is 11.3. The van der Waals surface area contributed by atoms with Crippen LogP contribution in [0.4, 0.5) is 5.82 Å². The zero-order valence-corrected chi connectivity index (χ0v) is 12.1. The van der Waals surface area contributed by atoms with Gasteiger partial charge in [-0.25, -0.2) is 4.68 Å². The smallest absolute Gasteiger partial charge is 0.239 e. The largest absolute Gasteiger partial charge is 0.368 e. The van der Waals surface area contributed by atoms with E-state index in [4.69, 9.17) is 5.73 Å². The Hall–Kier alpha value is -2.30. The summed E-state index contributed by atoms with van der Waals surface area (Å²) in [5, 5.41) is 7.54. The molecule has 3 N–H and O–H groups in total. The van der Waals surface area contributed by atoms with Gasteiger partial charge in [0.2, 0.25) is 5.91 Å². The van der Waals surface area contributed by atoms with E-state index < -0.39 is 6.04 Å². The van der Waals surface area contributed by atoms with Gasteiger partial charge < -0.3 is 11.1 Å². The number of benzene rings is 1. The highest BCUT2D eigenvalue weighted by atomic mass is 16.1. The van der Waals surface area contributed by atoms with Crippen LogP contribution in [0.5, 0.6) is 0 Å². The molecule has 0 unspecified atom stereocenters. The first-order valence-electron chi connectivity index (χ1n) is 6.71. The third kappa shape index (κ3) is 2.99. The lowest BCUT2D eigenvalue weighted by molar-refractivity contribution is -0.118. The van der Waals surface area contributed by atoms with Gasteiger partial charge in [0.15, 0.2) is 0 Å². The number of hydrogen-bond donors (Lipinski definition) is 2. The third-order valence-electron chi connectivity index (χ3n) is 3.24. The van der Waals surface area contributed by atoms with Crippen LogP contribution in [0.15, 0.2) is 30.3 Å². The van der Waals surface area contributed by atoms with E-state index in [1.165, 1.54) is 5.56 Å². The van der Waals surface area contributed by atoms with E-state index >= 15 is 0 Å². The molecule has 5 nitrogen and oxygen atoms in total. The quantitative estimate of drug-likeness (QED) is 0.876. The molecule has 0 spiro atoms. The summed E-state index contributed by atoms with van der Waals surface area (Å²) in [6, 6.07) is 9.64. The van der Waals surface area contributed by atoms with E-state index in [0.29, 0.717) is 12.2 Å². The Kier molecular flexibility index (Phi) is 4.08. The molecule has 1 aromatic carbocycles. The van der Waals surface area contributed by atoms with Crippen LogP contribution in [-0.4, -0.2) is 21.7 Å². The molecule has 0 aliphatic heterocycles. The molecular weight excluding hydrogens is 252 g/mol. The standard InChI is InChI=1S/C15H20N4O/c1-4-13(15(16)20)17-14-9-11(3)19(18-14)12-7-5-10(2)6-8-12/h5-9,13H,4H2,1-3H3,(H2,16,20)(H,17,18)/t13-/m1/s1. The van der Waals surface area contributed by atoms with Crippen LogP contribution in [0.25, 0.3) is 5.69 Å². The summed E-state index contributed by atoms with van der Waals surface area (Å²) in [5.41, 5.74) is 8.53. The molecule has 106 valence electrons. The molecule has 0 aliphatic carbocycles. The second-order valence-corrected chi connectivity index (χ2v) is 4.93. The predicted molar refractivity (Wildman–Crippen MR) is 79.9 cm³/mol. The fraction of sp³-hybridized carbons (Fsp3) is 0.333. The zero-order chi connectivity index (χ0) is 14.7. The van der Waals surface area contributed by atoms with Crippen molar-refractivity contribution in [1.82, 2.24) is 9.78 Å². The molecule has 1 heterocycles. The summed E-state index contributed by atoms with van der Waals surface area (Å²) >= 11 is 0. The van der Waals surface area contributed by atoms with Gasteiger partial charge in [-0.15, -0.1) is 0 Å². The predicted octanol–water partition coefficient (Wildman–Crippen LogP) is 2.16. The number of aromatic nitrogens is 2. The van der Waals surface area contributed by atoms with Crippen LogP contribution in [0.2, 0.25) is 0 Å². The van der Waals surface area contributed by atoms with Gasteiger partial charge in [-0.1, -0.05) is 24.6 Å². The molecule has 0 saturated carbocycles. The van der Waals surface area contributed by atoms with Crippen LogP contribution < -0.4 is 11.1 Å². The van der Waals surface area contributed by atoms with E-state index in [1.807, 2.05) is 55.8 Å². The number of amides is 1. The Morgan fingerprint density at radius 1 is 1.35 bits per heavy atom. The van der Waals surface area contributed by atoms with E-state index in [2.05, 4.69) is 10.4 Å². The molecule has 2 aromatic rings. The molecular formula is C15H20N4O. The number of hydrogen-bond acceptors (Lipinski definition) is 3. The summed E-state index contributed by atoms with van der Waals surface area (Å²) in [5.74, 6) is 0.295. The second-order valence-electron chi connectivity index (χ2n) is 4.93. The van der Waals surface area contributed by atoms with E-state index in [1.54, 1.807) is 0 Å². The maximum absolute atomic E-state index is 11.3. The van der Waals surface area contributed by atoms with E-state index in [0.717, 1.165) is 11.4 Å². The molecule has 1 atom stereocenters. The number of anilines is 1. The van der Waals surface area contributed by atoms with Gasteiger partial charge in [0.25, 0.3) is 0 Å². The summed E-state index contributed by atoms with van der Waals surface area (Å²) < 4.78 is 1.84. The Bertz CT molecular complexity index is 601. The highest BCUT2D eigenvalue weighted by Crippen LogP contribution is 2.16. The zero-order valence-electron chi connectivity index (χ0n) is 12.1. The molecule has 1 amide bonds. The van der Waals surface area contributed by atoms with Crippen molar-refractivity contribution in [1.29, 1.82) is 0 Å². The van der Waals surface area contributed by atoms with Crippen molar-refractivity contribution >= 4 is 11.7 Å². The minimum absolute atomic E-state index is 0.366. The minimum atomic E-state index is -0.393. The van der Waals surface area contributed by atoms with E-state index in [9.17, 15) is 4.79 Å². The Balaban J connectivity index is 2.25. The first kappa shape index (κ1) is 14.1. The van der Waals surface area contributed by atoms with Crippen molar-refractivity contribution in [3.05, 3.63) is 41.6 Å². The number of nitrogens with one attached hydrogen (secondary N) is 1. The molecule has 0 saturated heterocycles. The third-order valence-corrected chi connectivity index (χ3v) is 3.24. The Morgan fingerprint density at radius 2 is 2.00 bits per heavy atom. The highest BCUT2D eigenvalue weighted by molar-refractivity contribution is 5.82. The van der Waals surface area contributed by atoms with Gasteiger partial charge in [0.05, 0.1) is 5.69 Å². The van der Waals surface area contributed by atoms with Crippen molar-refractivity contribution < 1.29 is 4.79 Å². The lowest BCUT2D eigenvalue weighted by Crippen LogP contribution is -2.34. The maximum Gasteiger partial charge on any atom is 0.239 e. The first-order chi connectivity index (χ1) is 9.51. The average Bonchev–Trinajstić information content (AvgIpc) is 2.77. The first-order valence-corrected chi connectivity index (χ1v) is 6.71. The molecule has 1 aromatic heterocycles. The molecule has 0 bridgehead atoms. The van der Waals surface area contributed by atoms with Gasteiger partial charge in [-0.3, -0.25) is 4.79 Å². The number of rotatable bonds is 5. The van der Waals surface area contributed by atoms with Crippen molar-refractivity contribution in [2.24, 2.45) is 5.73 Å². The fourth-order valence-corrected chi connectivity index (χ4v) is 2.05. The van der Waals surface area contributed by atoms with Crippen LogP contribution in [0.3, 0.4) is 0 Å². The normalized spacial score (nSPS) is 12.2. The second kappa shape index (κ2) is 5.77. The highest BCUT2D eigenvalue weighted by Gasteiger charge is 2.15. The lowest BCUT2D eigenvalue weighted by atomic mass is 10.2. The summed E-state index contributed by atoms with van der Waals surface area (Å²) in [7, 11) is 0. The number of carbonyl (C=O) groups is 1. The van der Waals surface area contributed by atoms with Gasteiger partial charge in [0.1, 0.15) is 11.9 Å². The van der Waals surface area contributed by atoms with Crippen LogP contribution >= 0.6 is 0 Å². The summed E-state index contributed by atoms with van der Waals surface area (Å²) in [6.45, 7) is 5.93. The SMILES string of the molecule is CC[C@@H](Nc1cc(C)n(-c2ccc(C)cc2)n1)C(N)=O. The molecule has 2 rings (SSSR count). The van der Waals surface area contributed by atoms with Gasteiger partial charge in [0, 0.05) is 11.8 Å². The number of nitrogens with zero attached hydrogens (tertiary/aromatic N) is 2. The van der Waals surface area contributed by atoms with Gasteiger partial charge in [-0.2, -0.15) is 5.10 Å². The molecule has 5 heteroatoms. The van der Waals surface area contributed by atoms with Crippen molar-refractivity contribution in [2.75, 3.05) is 5.32 Å². The number of aryl methyl sites for hydroxylation is 2. The Morgan fingerprint density at radius 3 is 2.55 bits per heavy atom. The lowest BCUT2D eigenvalue weighted by Gasteiger charge is -2.11. The number of nitrogens with two attached hydrogens (primary N) is 1. The van der Waals surface area contributed by atoms with E-state index in [-0.39, 0.29) is 5.91 Å². The molecule has 20 heavy (non-hydrogen) atoms. The number of primary amides is 1. The number of carbonyl (C=O) groups excluding carboxylic acids is 1. The monoisotopic (exact) mass is 272 g/mol. The molecule has 0 radical (unpaired) electrons. The molecule has 0 fully saturated rings. The van der Waals surface area contributed by atoms with Gasteiger partial charge in [-0.05, 0) is 32.4 Å². The fourth-order valence-electron chi connectivity index (χ4n) is 2.05. The van der Waals surface area contributed by atoms with Crippen LogP contribution in [0, 0.1) is 13.8 Å². The average molecular weight is 272 g/mol. The van der Waals surface area contributed by atoms with Crippen LogP contribution in [-0.2, 0) is 4.79 Å². The van der Waals surface area contributed by atoms with Crippen molar-refractivity contribution in [3.63, 3.8) is 0 Å². The topological polar surface area (TPSA) is 72.9 Å². The van der Waals surface area contributed by atoms with Gasteiger partial charge >= 0.3 is 0 Å². The van der Waals surface area contributed by atoms with Crippen molar-refractivity contribution in [2.45, 2.75) is 33.2 Å². The minimum Gasteiger partial charge on any atom is -0.368 e. The van der Waals surface area contributed by atoms with Crippen molar-refractivity contribution in [3.8, 4) is 5.69 Å².